The number of alkyl halides is 4. The van der Waals surface area contributed by atoms with Gasteiger partial charge in [-0.15, -0.1) is 0 Å². The first kappa shape index (κ1) is 17.7. The third-order valence-corrected chi connectivity index (χ3v) is 3.93. The van der Waals surface area contributed by atoms with Crippen molar-refractivity contribution in [3.63, 3.8) is 0 Å². The van der Waals surface area contributed by atoms with Gasteiger partial charge in [-0.3, -0.25) is 4.79 Å². The number of carbonyl (C=O) groups excluding carboxylic acids is 1. The van der Waals surface area contributed by atoms with E-state index >= 15 is 0 Å². The van der Waals surface area contributed by atoms with Crippen molar-refractivity contribution >= 4 is 28.4 Å². The first-order valence-corrected chi connectivity index (χ1v) is 7.27. The molecule has 23 heavy (non-hydrogen) atoms. The highest BCUT2D eigenvalue weighted by Crippen LogP contribution is 2.35. The Morgan fingerprint density at radius 1 is 1.30 bits per heavy atom. The normalized spacial score (nSPS) is 22.1. The predicted molar refractivity (Wildman–Crippen MR) is 81.3 cm³/mol. The van der Waals surface area contributed by atoms with E-state index in [1.165, 1.54) is 13.0 Å². The van der Waals surface area contributed by atoms with Gasteiger partial charge < -0.3 is 10.1 Å². The summed E-state index contributed by atoms with van der Waals surface area (Å²) in [5.74, 6) is 0.391. The number of ether oxygens (including phenoxy) is 1. The molecule has 0 saturated carbocycles. The number of benzene rings is 1. The molecule has 0 bridgehead atoms. The standard InChI is InChI=1S/C15H12Cl2F3NO2/c1-9(13(16)22)23-12-4-2-10(3-5-12)14(17)7-6-11(8-21-14)15(18,19)20/h2-9,21H,1H3. The first-order chi connectivity index (χ1) is 10.6. The highest BCUT2D eigenvalue weighted by atomic mass is 35.5. The van der Waals surface area contributed by atoms with E-state index < -0.39 is 28.1 Å². The lowest BCUT2D eigenvalue weighted by Crippen LogP contribution is -2.35. The maximum absolute atomic E-state index is 12.6. The van der Waals surface area contributed by atoms with E-state index in [4.69, 9.17) is 27.9 Å². The lowest BCUT2D eigenvalue weighted by atomic mass is 10.0. The molecule has 0 aromatic heterocycles. The summed E-state index contributed by atoms with van der Waals surface area (Å²) in [6.45, 7) is 1.50. The summed E-state index contributed by atoms with van der Waals surface area (Å²) in [5, 5.41) is 1.89. The summed E-state index contributed by atoms with van der Waals surface area (Å²) in [7, 11) is 0. The van der Waals surface area contributed by atoms with E-state index in [0.717, 1.165) is 12.3 Å². The van der Waals surface area contributed by atoms with Gasteiger partial charge in [0.1, 0.15) is 5.75 Å². The minimum atomic E-state index is -4.44. The van der Waals surface area contributed by atoms with Crippen LogP contribution in [0.25, 0.3) is 0 Å². The zero-order valence-electron chi connectivity index (χ0n) is 11.8. The maximum atomic E-state index is 12.6. The Kier molecular flexibility index (Phi) is 4.96. The SMILES string of the molecule is CC(Oc1ccc(C2(Cl)C=CC(C(F)(F)F)=CN2)cc1)C(=O)Cl. The Labute approximate surface area is 140 Å². The van der Waals surface area contributed by atoms with Gasteiger partial charge in [0.2, 0.25) is 0 Å². The van der Waals surface area contributed by atoms with Crippen molar-refractivity contribution in [3.8, 4) is 5.75 Å². The molecule has 1 aliphatic heterocycles. The van der Waals surface area contributed by atoms with Gasteiger partial charge in [-0.1, -0.05) is 23.7 Å². The molecule has 0 spiro atoms. The van der Waals surface area contributed by atoms with Gasteiger partial charge in [0, 0.05) is 6.20 Å². The van der Waals surface area contributed by atoms with E-state index in [2.05, 4.69) is 5.32 Å². The molecule has 0 radical (unpaired) electrons. The fraction of sp³-hybridized carbons (Fsp3) is 0.267. The van der Waals surface area contributed by atoms with Crippen LogP contribution in [0.5, 0.6) is 5.75 Å². The molecule has 8 heteroatoms. The molecule has 0 fully saturated rings. The molecule has 0 aliphatic carbocycles. The van der Waals surface area contributed by atoms with Crippen LogP contribution in [-0.4, -0.2) is 17.5 Å². The second kappa shape index (κ2) is 6.45. The maximum Gasteiger partial charge on any atom is 0.417 e. The molecule has 1 heterocycles. The second-order valence-electron chi connectivity index (χ2n) is 4.88. The Bertz CT molecular complexity index is 656. The second-order valence-corrected chi connectivity index (χ2v) is 5.84. The Hall–Kier alpha value is -1.66. The number of carbonyl (C=O) groups is 1. The molecular weight excluding hydrogens is 354 g/mol. The van der Waals surface area contributed by atoms with E-state index in [-0.39, 0.29) is 0 Å². The van der Waals surface area contributed by atoms with E-state index in [1.54, 1.807) is 24.3 Å². The summed E-state index contributed by atoms with van der Waals surface area (Å²) < 4.78 is 43.0. The number of rotatable bonds is 4. The molecular formula is C15H12Cl2F3NO2. The average Bonchev–Trinajstić information content (AvgIpc) is 2.47. The van der Waals surface area contributed by atoms with E-state index in [9.17, 15) is 18.0 Å². The van der Waals surface area contributed by atoms with Gasteiger partial charge in [-0.25, -0.2) is 0 Å². The van der Waals surface area contributed by atoms with Crippen molar-refractivity contribution < 1.29 is 22.7 Å². The van der Waals surface area contributed by atoms with Crippen LogP contribution in [0.2, 0.25) is 0 Å². The van der Waals surface area contributed by atoms with E-state index in [1.807, 2.05) is 0 Å². The Morgan fingerprint density at radius 3 is 2.35 bits per heavy atom. The molecule has 0 saturated heterocycles. The van der Waals surface area contributed by atoms with Crippen LogP contribution < -0.4 is 10.1 Å². The van der Waals surface area contributed by atoms with Gasteiger partial charge in [-0.2, -0.15) is 13.2 Å². The molecule has 2 atom stereocenters. The van der Waals surface area contributed by atoms with E-state index in [0.29, 0.717) is 11.3 Å². The summed E-state index contributed by atoms with van der Waals surface area (Å²) in [4.78, 5) is 9.64. The fourth-order valence-corrected chi connectivity index (χ4v) is 2.15. The number of allylic oxidation sites excluding steroid dienone is 2. The van der Waals surface area contributed by atoms with Crippen molar-refractivity contribution in [2.24, 2.45) is 0 Å². The molecule has 2 rings (SSSR count). The third kappa shape index (κ3) is 4.20. The highest BCUT2D eigenvalue weighted by molar-refractivity contribution is 6.64. The quantitative estimate of drug-likeness (QED) is 0.493. The van der Waals surface area contributed by atoms with Crippen LogP contribution in [0, 0.1) is 0 Å². The van der Waals surface area contributed by atoms with Crippen molar-refractivity contribution in [1.29, 1.82) is 0 Å². The summed E-state index contributed by atoms with van der Waals surface area (Å²) >= 11 is 11.6. The van der Waals surface area contributed by atoms with Crippen molar-refractivity contribution in [3.05, 3.63) is 53.8 Å². The number of hydrogen-bond acceptors (Lipinski definition) is 3. The number of nitrogens with one attached hydrogen (secondary N) is 1. The zero-order valence-corrected chi connectivity index (χ0v) is 13.3. The smallest absolute Gasteiger partial charge is 0.417 e. The highest BCUT2D eigenvalue weighted by Gasteiger charge is 2.36. The molecule has 1 aromatic rings. The van der Waals surface area contributed by atoms with Crippen LogP contribution >= 0.6 is 23.2 Å². The van der Waals surface area contributed by atoms with Gasteiger partial charge in [0.05, 0.1) is 5.57 Å². The number of halogens is 5. The van der Waals surface area contributed by atoms with Gasteiger partial charge in [0.15, 0.2) is 11.1 Å². The lowest BCUT2D eigenvalue weighted by Gasteiger charge is -2.28. The van der Waals surface area contributed by atoms with Crippen LogP contribution in [0.4, 0.5) is 13.2 Å². The summed E-state index contributed by atoms with van der Waals surface area (Å²) in [5.41, 5.74) is -0.298. The number of dihydropyridines is 1. The number of hydrogen-bond donors (Lipinski definition) is 1. The largest absolute Gasteiger partial charge is 0.482 e. The minimum Gasteiger partial charge on any atom is -0.482 e. The van der Waals surface area contributed by atoms with Crippen molar-refractivity contribution in [2.75, 3.05) is 0 Å². The molecule has 0 amide bonds. The summed E-state index contributed by atoms with van der Waals surface area (Å²) in [6.07, 6.45) is -2.28. The van der Waals surface area contributed by atoms with Crippen LogP contribution in [0.3, 0.4) is 0 Å². The molecule has 124 valence electrons. The molecule has 1 N–H and O–H groups in total. The topological polar surface area (TPSA) is 38.3 Å². The lowest BCUT2D eigenvalue weighted by molar-refractivity contribution is -0.117. The third-order valence-electron chi connectivity index (χ3n) is 3.16. The van der Waals surface area contributed by atoms with Crippen molar-refractivity contribution in [1.82, 2.24) is 5.32 Å². The van der Waals surface area contributed by atoms with Gasteiger partial charge >= 0.3 is 6.18 Å². The van der Waals surface area contributed by atoms with Gasteiger partial charge in [0.25, 0.3) is 5.24 Å². The monoisotopic (exact) mass is 365 g/mol. The molecule has 1 aromatic carbocycles. The van der Waals surface area contributed by atoms with Crippen molar-refractivity contribution in [2.45, 2.75) is 24.2 Å². The summed E-state index contributed by atoms with van der Waals surface area (Å²) in [6, 6.07) is 6.26. The Balaban J connectivity index is 2.13. The fourth-order valence-electron chi connectivity index (χ4n) is 1.87. The first-order valence-electron chi connectivity index (χ1n) is 6.51. The van der Waals surface area contributed by atoms with Crippen LogP contribution in [0.15, 0.2) is 48.2 Å². The average molecular weight is 366 g/mol. The molecule has 2 unspecified atom stereocenters. The predicted octanol–water partition coefficient (Wildman–Crippen LogP) is 4.22. The van der Waals surface area contributed by atoms with Crippen LogP contribution in [-0.2, 0) is 9.79 Å². The van der Waals surface area contributed by atoms with Gasteiger partial charge in [-0.05, 0) is 48.4 Å². The molecule has 1 aliphatic rings. The van der Waals surface area contributed by atoms with Crippen LogP contribution in [0.1, 0.15) is 12.5 Å². The minimum absolute atomic E-state index is 0.391. The Morgan fingerprint density at radius 2 is 1.91 bits per heavy atom. The molecule has 3 nitrogen and oxygen atoms in total. The zero-order chi connectivity index (χ0) is 17.3.